The number of rotatable bonds is 7. The Morgan fingerprint density at radius 3 is 2.40 bits per heavy atom. The van der Waals surface area contributed by atoms with Crippen molar-refractivity contribution in [3.63, 3.8) is 0 Å². The molecule has 9 heteroatoms. The molecule has 0 N–H and O–H groups in total. The predicted molar refractivity (Wildman–Crippen MR) is 117 cm³/mol. The van der Waals surface area contributed by atoms with Gasteiger partial charge < -0.3 is 9.47 Å². The van der Waals surface area contributed by atoms with E-state index in [0.29, 0.717) is 26.9 Å². The molecule has 0 atom stereocenters. The molecule has 1 aliphatic rings. The van der Waals surface area contributed by atoms with Gasteiger partial charge in [-0.05, 0) is 54.6 Å². The van der Waals surface area contributed by atoms with Gasteiger partial charge in [-0.1, -0.05) is 41.4 Å². The zero-order valence-electron chi connectivity index (χ0n) is 15.9. The smallest absolute Gasteiger partial charge is 0.326 e. The lowest BCUT2D eigenvalue weighted by molar-refractivity contribution is -0.145. The molecule has 0 aliphatic carbocycles. The summed E-state index contributed by atoms with van der Waals surface area (Å²) in [6.45, 7) is 1.65. The lowest BCUT2D eigenvalue weighted by Gasteiger charge is -2.10. The molecule has 0 radical (unpaired) electrons. The number of amides is 2. The second-order valence-electron chi connectivity index (χ2n) is 6.13. The van der Waals surface area contributed by atoms with Gasteiger partial charge in [0, 0.05) is 15.6 Å². The molecule has 0 saturated carbocycles. The van der Waals surface area contributed by atoms with E-state index in [2.05, 4.69) is 0 Å². The van der Waals surface area contributed by atoms with E-state index in [1.54, 1.807) is 55.5 Å². The van der Waals surface area contributed by atoms with Crippen LogP contribution in [0.5, 0.6) is 5.75 Å². The summed E-state index contributed by atoms with van der Waals surface area (Å²) in [6.07, 6.45) is 1.59. The number of imide groups is 1. The second-order valence-corrected chi connectivity index (χ2v) is 7.94. The molecule has 1 aliphatic heterocycles. The number of esters is 1. The van der Waals surface area contributed by atoms with E-state index in [9.17, 15) is 14.4 Å². The first-order chi connectivity index (χ1) is 14.4. The van der Waals surface area contributed by atoms with Crippen molar-refractivity contribution in [2.24, 2.45) is 0 Å². The van der Waals surface area contributed by atoms with Crippen molar-refractivity contribution in [1.82, 2.24) is 4.90 Å². The summed E-state index contributed by atoms with van der Waals surface area (Å²) in [5.41, 5.74) is 1.40. The molecule has 2 aromatic rings. The van der Waals surface area contributed by atoms with E-state index in [4.69, 9.17) is 32.7 Å². The molecule has 1 saturated heterocycles. The number of nitrogens with zero attached hydrogens (tertiary/aromatic N) is 1. The Hall–Kier alpha value is -2.48. The van der Waals surface area contributed by atoms with E-state index >= 15 is 0 Å². The molecule has 0 unspecified atom stereocenters. The molecule has 156 valence electrons. The van der Waals surface area contributed by atoms with Gasteiger partial charge in [0.1, 0.15) is 18.9 Å². The van der Waals surface area contributed by atoms with Crippen LogP contribution in [0.15, 0.2) is 47.4 Å². The van der Waals surface area contributed by atoms with Crippen LogP contribution in [0.4, 0.5) is 4.79 Å². The van der Waals surface area contributed by atoms with E-state index in [1.165, 1.54) is 0 Å². The molecule has 2 aromatic carbocycles. The van der Waals surface area contributed by atoms with E-state index in [1.807, 2.05) is 0 Å². The van der Waals surface area contributed by atoms with Crippen LogP contribution in [0.3, 0.4) is 0 Å². The molecule has 0 bridgehead atoms. The summed E-state index contributed by atoms with van der Waals surface area (Å²) in [6, 6.07) is 12.2. The van der Waals surface area contributed by atoms with Crippen molar-refractivity contribution in [3.05, 3.63) is 68.5 Å². The molecule has 1 heterocycles. The summed E-state index contributed by atoms with van der Waals surface area (Å²) in [4.78, 5) is 37.1. The summed E-state index contributed by atoms with van der Waals surface area (Å²) >= 11 is 13.1. The normalized spacial score (nSPS) is 15.0. The Bertz CT molecular complexity index is 987. The number of halogens is 2. The minimum absolute atomic E-state index is 0.183. The van der Waals surface area contributed by atoms with E-state index in [-0.39, 0.29) is 18.1 Å². The first-order valence-electron chi connectivity index (χ1n) is 8.95. The Morgan fingerprint density at radius 2 is 1.77 bits per heavy atom. The van der Waals surface area contributed by atoms with Crippen LogP contribution >= 0.6 is 35.0 Å². The number of thioether (sulfide) groups is 1. The van der Waals surface area contributed by atoms with Crippen LogP contribution in [0.2, 0.25) is 10.0 Å². The first kappa shape index (κ1) is 22.2. The highest BCUT2D eigenvalue weighted by atomic mass is 35.5. The number of ether oxygens (including phenoxy) is 2. The average Bonchev–Trinajstić information content (AvgIpc) is 2.96. The Labute approximate surface area is 187 Å². The summed E-state index contributed by atoms with van der Waals surface area (Å²) < 4.78 is 10.5. The quantitative estimate of drug-likeness (QED) is 0.414. The third kappa shape index (κ3) is 5.36. The van der Waals surface area contributed by atoms with Crippen LogP contribution in [0, 0.1) is 0 Å². The highest BCUT2D eigenvalue weighted by Gasteiger charge is 2.36. The van der Waals surface area contributed by atoms with Gasteiger partial charge in [-0.25, -0.2) is 0 Å². The van der Waals surface area contributed by atoms with Crippen LogP contribution < -0.4 is 4.74 Å². The number of hydrogen-bond donors (Lipinski definition) is 0. The van der Waals surface area contributed by atoms with Crippen molar-refractivity contribution in [3.8, 4) is 5.75 Å². The summed E-state index contributed by atoms with van der Waals surface area (Å²) in [7, 11) is 0. The highest BCUT2D eigenvalue weighted by Crippen LogP contribution is 2.32. The molecule has 30 heavy (non-hydrogen) atoms. The minimum Gasteiger partial charge on any atom is -0.489 e. The van der Waals surface area contributed by atoms with Crippen molar-refractivity contribution >= 4 is 58.2 Å². The topological polar surface area (TPSA) is 72.9 Å². The van der Waals surface area contributed by atoms with Gasteiger partial charge in [0.05, 0.1) is 11.5 Å². The number of carbonyl (C=O) groups is 3. The van der Waals surface area contributed by atoms with Crippen LogP contribution in [0.25, 0.3) is 6.08 Å². The number of benzene rings is 2. The minimum atomic E-state index is -0.624. The fraction of sp³-hybridized carbons (Fsp3) is 0.190. The van der Waals surface area contributed by atoms with Gasteiger partial charge in [0.15, 0.2) is 0 Å². The maximum atomic E-state index is 12.4. The Balaban J connectivity index is 1.65. The van der Waals surface area contributed by atoms with E-state index < -0.39 is 23.7 Å². The molecule has 0 aromatic heterocycles. The van der Waals surface area contributed by atoms with Crippen molar-refractivity contribution in [2.75, 3.05) is 13.2 Å². The van der Waals surface area contributed by atoms with Crippen molar-refractivity contribution in [1.29, 1.82) is 0 Å². The zero-order valence-corrected chi connectivity index (χ0v) is 18.2. The Morgan fingerprint density at radius 1 is 1.10 bits per heavy atom. The van der Waals surface area contributed by atoms with E-state index in [0.717, 1.165) is 16.7 Å². The maximum Gasteiger partial charge on any atom is 0.326 e. The standard InChI is InChI=1S/C21H17Cl2NO5S/c1-2-28-19(25)11-24-20(26)18(30-21(24)27)10-13-6-8-14(9-7-13)29-12-15-16(22)4-3-5-17(15)23/h3-10H,2,11-12H2,1H3/b18-10-. The largest absolute Gasteiger partial charge is 0.489 e. The first-order valence-corrected chi connectivity index (χ1v) is 10.5. The predicted octanol–water partition coefficient (Wildman–Crippen LogP) is 5.17. The molecule has 6 nitrogen and oxygen atoms in total. The van der Waals surface area contributed by atoms with Gasteiger partial charge in [0.25, 0.3) is 11.1 Å². The second kappa shape index (κ2) is 10.0. The molecule has 0 spiro atoms. The summed E-state index contributed by atoms with van der Waals surface area (Å²) in [5.74, 6) is -0.550. The lowest BCUT2D eigenvalue weighted by Crippen LogP contribution is -2.34. The fourth-order valence-corrected chi connectivity index (χ4v) is 3.95. The molecular formula is C21H17Cl2NO5S. The Kier molecular flexibility index (Phi) is 7.42. The maximum absolute atomic E-state index is 12.4. The monoisotopic (exact) mass is 465 g/mol. The highest BCUT2D eigenvalue weighted by molar-refractivity contribution is 8.18. The van der Waals surface area contributed by atoms with Crippen LogP contribution in [-0.4, -0.2) is 35.2 Å². The van der Waals surface area contributed by atoms with Gasteiger partial charge in [-0.2, -0.15) is 0 Å². The third-order valence-corrected chi connectivity index (χ3v) is 5.70. The van der Waals surface area contributed by atoms with Crippen molar-refractivity contribution in [2.45, 2.75) is 13.5 Å². The van der Waals surface area contributed by atoms with Crippen molar-refractivity contribution < 1.29 is 23.9 Å². The van der Waals surface area contributed by atoms with Gasteiger partial charge in [-0.15, -0.1) is 0 Å². The lowest BCUT2D eigenvalue weighted by atomic mass is 10.2. The number of hydrogen-bond acceptors (Lipinski definition) is 6. The SMILES string of the molecule is CCOC(=O)CN1C(=O)S/C(=C\c2ccc(OCc3c(Cl)cccc3Cl)cc2)C1=O. The van der Waals surface area contributed by atoms with Crippen LogP contribution in [0.1, 0.15) is 18.1 Å². The number of carbonyl (C=O) groups excluding carboxylic acids is 3. The molecule has 1 fully saturated rings. The molecular weight excluding hydrogens is 449 g/mol. The zero-order chi connectivity index (χ0) is 21.7. The van der Waals surface area contributed by atoms with Crippen LogP contribution in [-0.2, 0) is 20.9 Å². The fourth-order valence-electron chi connectivity index (χ4n) is 2.61. The summed E-state index contributed by atoms with van der Waals surface area (Å²) in [5, 5.41) is 0.547. The molecule has 3 rings (SSSR count). The van der Waals surface area contributed by atoms with Gasteiger partial charge in [-0.3, -0.25) is 19.3 Å². The molecule has 2 amide bonds. The average molecular weight is 466 g/mol. The van der Waals surface area contributed by atoms with Gasteiger partial charge >= 0.3 is 5.97 Å². The van der Waals surface area contributed by atoms with Gasteiger partial charge in [0.2, 0.25) is 0 Å². The third-order valence-electron chi connectivity index (χ3n) is 4.09.